The number of benzene rings is 1. The van der Waals surface area contributed by atoms with E-state index in [2.05, 4.69) is 10.1 Å². The topological polar surface area (TPSA) is 145 Å². The zero-order chi connectivity index (χ0) is 20.1. The van der Waals surface area contributed by atoms with Gasteiger partial charge in [-0.1, -0.05) is 6.07 Å². The van der Waals surface area contributed by atoms with Crippen molar-refractivity contribution in [1.82, 2.24) is 5.32 Å². The first kappa shape index (κ1) is 20.9. The third-order valence-corrected chi connectivity index (χ3v) is 3.12. The number of methoxy groups -OCH3 is 1. The number of rotatable bonds is 6. The standard InChI is InChI=1S/C16H20N2O8/c1-16(2,3)26-15(22)17-11(13(19)20)7-9-5-6-10(14(21)25-4)8-12(9)18(23)24/h5-6,8,11H,7H2,1-4H3,(H,17,22)(H,19,20). The highest BCUT2D eigenvalue weighted by Crippen LogP contribution is 2.22. The van der Waals surface area contributed by atoms with Gasteiger partial charge < -0.3 is 19.9 Å². The summed E-state index contributed by atoms with van der Waals surface area (Å²) in [7, 11) is 1.13. The van der Waals surface area contributed by atoms with Crippen molar-refractivity contribution in [3.63, 3.8) is 0 Å². The maximum absolute atomic E-state index is 11.8. The van der Waals surface area contributed by atoms with E-state index in [0.29, 0.717) is 0 Å². The summed E-state index contributed by atoms with van der Waals surface area (Å²) in [6.07, 6.45) is -1.33. The van der Waals surface area contributed by atoms with E-state index >= 15 is 0 Å². The third-order valence-electron chi connectivity index (χ3n) is 3.12. The van der Waals surface area contributed by atoms with E-state index in [1.807, 2.05) is 0 Å². The molecule has 0 bridgehead atoms. The van der Waals surface area contributed by atoms with Gasteiger partial charge in [-0.3, -0.25) is 10.1 Å². The number of nitrogens with one attached hydrogen (secondary N) is 1. The van der Waals surface area contributed by atoms with Crippen molar-refractivity contribution in [2.45, 2.75) is 38.8 Å². The van der Waals surface area contributed by atoms with Gasteiger partial charge in [0.15, 0.2) is 0 Å². The molecule has 142 valence electrons. The summed E-state index contributed by atoms with van der Waals surface area (Å²) >= 11 is 0. The van der Waals surface area contributed by atoms with E-state index in [1.54, 1.807) is 20.8 Å². The average Bonchev–Trinajstić information content (AvgIpc) is 2.51. The molecule has 0 radical (unpaired) electrons. The molecular formula is C16H20N2O8. The molecule has 0 aromatic heterocycles. The van der Waals surface area contributed by atoms with Crippen LogP contribution in [0.15, 0.2) is 18.2 Å². The van der Waals surface area contributed by atoms with Crippen LogP contribution >= 0.6 is 0 Å². The Bertz CT molecular complexity index is 723. The molecule has 1 aromatic rings. The molecule has 1 atom stereocenters. The number of carbonyl (C=O) groups excluding carboxylic acids is 2. The smallest absolute Gasteiger partial charge is 0.408 e. The van der Waals surface area contributed by atoms with Crippen molar-refractivity contribution in [1.29, 1.82) is 0 Å². The molecular weight excluding hydrogens is 348 g/mol. The van der Waals surface area contributed by atoms with Crippen molar-refractivity contribution in [3.05, 3.63) is 39.4 Å². The Kier molecular flexibility index (Phi) is 6.64. The Hall–Kier alpha value is -3.17. The average molecular weight is 368 g/mol. The fourth-order valence-corrected chi connectivity index (χ4v) is 2.02. The van der Waals surface area contributed by atoms with E-state index < -0.39 is 40.3 Å². The first-order valence-electron chi connectivity index (χ1n) is 7.52. The van der Waals surface area contributed by atoms with Crippen LogP contribution in [-0.2, 0) is 20.7 Å². The number of amides is 1. The second kappa shape index (κ2) is 8.28. The molecule has 1 rings (SSSR count). The Morgan fingerprint density at radius 1 is 1.31 bits per heavy atom. The molecule has 0 aliphatic heterocycles. The highest BCUT2D eigenvalue weighted by molar-refractivity contribution is 5.90. The molecule has 1 amide bonds. The van der Waals surface area contributed by atoms with E-state index in [1.165, 1.54) is 12.1 Å². The van der Waals surface area contributed by atoms with Gasteiger partial charge in [0.1, 0.15) is 11.6 Å². The SMILES string of the molecule is COC(=O)c1ccc(CC(NC(=O)OC(C)(C)C)C(=O)O)c([N+](=O)[O-])c1. The van der Waals surface area contributed by atoms with Gasteiger partial charge in [-0.05, 0) is 26.8 Å². The van der Waals surface area contributed by atoms with Crippen LogP contribution < -0.4 is 5.32 Å². The Morgan fingerprint density at radius 3 is 2.38 bits per heavy atom. The van der Waals surface area contributed by atoms with E-state index in [4.69, 9.17) is 4.74 Å². The third kappa shape index (κ3) is 6.04. The number of aliphatic carboxylic acids is 1. The first-order chi connectivity index (χ1) is 11.9. The predicted octanol–water partition coefficient (Wildman–Crippen LogP) is 1.90. The van der Waals surface area contributed by atoms with Gasteiger partial charge >= 0.3 is 18.0 Å². The number of carboxylic acids is 1. The van der Waals surface area contributed by atoms with Crippen molar-refractivity contribution in [3.8, 4) is 0 Å². The van der Waals surface area contributed by atoms with E-state index in [0.717, 1.165) is 13.2 Å². The van der Waals surface area contributed by atoms with Crippen LogP contribution in [-0.4, -0.2) is 46.8 Å². The number of alkyl carbamates (subject to hydrolysis) is 1. The van der Waals surface area contributed by atoms with Crippen LogP contribution in [0.25, 0.3) is 0 Å². The minimum Gasteiger partial charge on any atom is -0.480 e. The molecule has 0 aliphatic rings. The molecule has 26 heavy (non-hydrogen) atoms. The minimum absolute atomic E-state index is 0.0334. The molecule has 0 saturated carbocycles. The molecule has 0 spiro atoms. The Balaban J connectivity index is 3.08. The lowest BCUT2D eigenvalue weighted by atomic mass is 10.0. The summed E-state index contributed by atoms with van der Waals surface area (Å²) in [5, 5.41) is 22.7. The van der Waals surface area contributed by atoms with Gasteiger partial charge in [0.05, 0.1) is 17.6 Å². The van der Waals surface area contributed by atoms with Crippen LogP contribution in [0.2, 0.25) is 0 Å². The number of nitrogens with zero attached hydrogens (tertiary/aromatic N) is 1. The second-order valence-electron chi connectivity index (χ2n) is 6.33. The lowest BCUT2D eigenvalue weighted by Gasteiger charge is -2.22. The van der Waals surface area contributed by atoms with Crippen molar-refractivity contribution >= 4 is 23.7 Å². The summed E-state index contributed by atoms with van der Waals surface area (Å²) in [6, 6.07) is 2.07. The predicted molar refractivity (Wildman–Crippen MR) is 88.9 cm³/mol. The number of ether oxygens (including phenoxy) is 2. The number of nitro benzene ring substituents is 1. The first-order valence-corrected chi connectivity index (χ1v) is 7.52. The lowest BCUT2D eigenvalue weighted by molar-refractivity contribution is -0.385. The second-order valence-corrected chi connectivity index (χ2v) is 6.33. The number of hydrogen-bond donors (Lipinski definition) is 2. The Morgan fingerprint density at radius 2 is 1.92 bits per heavy atom. The normalized spacial score (nSPS) is 12.0. The maximum atomic E-state index is 11.8. The van der Waals surface area contributed by atoms with Gasteiger partial charge in [-0.15, -0.1) is 0 Å². The summed E-state index contributed by atoms with van der Waals surface area (Å²) in [5.74, 6) is -2.15. The van der Waals surface area contributed by atoms with Crippen LogP contribution in [0.3, 0.4) is 0 Å². The van der Waals surface area contributed by atoms with Crippen LogP contribution in [0.5, 0.6) is 0 Å². The molecule has 0 heterocycles. The van der Waals surface area contributed by atoms with Crippen LogP contribution in [0, 0.1) is 10.1 Å². The number of hydrogen-bond acceptors (Lipinski definition) is 7. The molecule has 0 aliphatic carbocycles. The van der Waals surface area contributed by atoms with Crippen molar-refractivity contribution in [2.24, 2.45) is 0 Å². The number of carboxylic acid groups (broad SMARTS) is 1. The summed E-state index contributed by atoms with van der Waals surface area (Å²) in [6.45, 7) is 4.83. The largest absolute Gasteiger partial charge is 0.480 e. The van der Waals surface area contributed by atoms with Gasteiger partial charge in [0.25, 0.3) is 5.69 Å². The molecule has 1 unspecified atom stereocenters. The zero-order valence-electron chi connectivity index (χ0n) is 14.8. The van der Waals surface area contributed by atoms with Gasteiger partial charge in [0.2, 0.25) is 0 Å². The summed E-state index contributed by atoms with van der Waals surface area (Å²) in [5.41, 5.74) is -1.30. The Labute approximate surface area is 149 Å². The maximum Gasteiger partial charge on any atom is 0.408 e. The summed E-state index contributed by atoms with van der Waals surface area (Å²) in [4.78, 5) is 45.2. The summed E-state index contributed by atoms with van der Waals surface area (Å²) < 4.78 is 9.49. The molecule has 0 fully saturated rings. The molecule has 2 N–H and O–H groups in total. The van der Waals surface area contributed by atoms with Crippen molar-refractivity contribution < 1.29 is 33.9 Å². The molecule has 0 saturated heterocycles. The fourth-order valence-electron chi connectivity index (χ4n) is 2.02. The van der Waals surface area contributed by atoms with E-state index in [-0.39, 0.29) is 17.5 Å². The minimum atomic E-state index is -1.45. The molecule has 10 heteroatoms. The van der Waals surface area contributed by atoms with Gasteiger partial charge in [0, 0.05) is 18.1 Å². The lowest BCUT2D eigenvalue weighted by Crippen LogP contribution is -2.44. The molecule has 1 aromatic carbocycles. The van der Waals surface area contributed by atoms with Gasteiger partial charge in [-0.2, -0.15) is 0 Å². The van der Waals surface area contributed by atoms with Crippen LogP contribution in [0.4, 0.5) is 10.5 Å². The number of carbonyl (C=O) groups is 3. The highest BCUT2D eigenvalue weighted by Gasteiger charge is 2.27. The quantitative estimate of drug-likeness (QED) is 0.440. The van der Waals surface area contributed by atoms with E-state index in [9.17, 15) is 29.6 Å². The fraction of sp³-hybridized carbons (Fsp3) is 0.438. The zero-order valence-corrected chi connectivity index (χ0v) is 14.8. The van der Waals surface area contributed by atoms with Crippen LogP contribution in [0.1, 0.15) is 36.7 Å². The number of esters is 1. The van der Waals surface area contributed by atoms with Crippen molar-refractivity contribution in [2.75, 3.05) is 7.11 Å². The highest BCUT2D eigenvalue weighted by atomic mass is 16.6. The number of nitro groups is 1. The molecule has 10 nitrogen and oxygen atoms in total. The monoisotopic (exact) mass is 368 g/mol. The van der Waals surface area contributed by atoms with Gasteiger partial charge in [-0.25, -0.2) is 14.4 Å².